The first kappa shape index (κ1) is 17.3. The van der Waals surface area contributed by atoms with Crippen molar-refractivity contribution in [3.8, 4) is 5.69 Å². The number of carbonyl (C=O) groups is 1. The third-order valence-electron chi connectivity index (χ3n) is 4.04. The SMILES string of the molecule is O=C(Nc1ccc2nn(-c3ccc(F)cc3)nc2c1)c1ccccc1[N+](=O)[O-]. The van der Waals surface area contributed by atoms with Crippen molar-refractivity contribution < 1.29 is 14.1 Å². The van der Waals surface area contributed by atoms with Gasteiger partial charge in [-0.15, -0.1) is 10.2 Å². The molecule has 1 N–H and O–H groups in total. The molecule has 1 amide bonds. The molecule has 0 aliphatic heterocycles. The maximum atomic E-state index is 13.1. The number of halogens is 1. The lowest BCUT2D eigenvalue weighted by Gasteiger charge is -2.05. The minimum absolute atomic E-state index is 0.0393. The first-order chi connectivity index (χ1) is 13.5. The average Bonchev–Trinajstić information content (AvgIpc) is 3.11. The van der Waals surface area contributed by atoms with E-state index < -0.39 is 10.8 Å². The van der Waals surface area contributed by atoms with Gasteiger partial charge in [-0.2, -0.15) is 4.80 Å². The first-order valence-corrected chi connectivity index (χ1v) is 8.19. The summed E-state index contributed by atoms with van der Waals surface area (Å²) in [6.45, 7) is 0. The molecule has 0 radical (unpaired) electrons. The van der Waals surface area contributed by atoms with E-state index in [2.05, 4.69) is 15.5 Å². The number of benzene rings is 3. The molecule has 0 aliphatic rings. The average molecular weight is 377 g/mol. The number of nitrogens with one attached hydrogen (secondary N) is 1. The number of nitro groups is 1. The topological polar surface area (TPSA) is 103 Å². The van der Waals surface area contributed by atoms with E-state index in [1.165, 1.54) is 35.1 Å². The van der Waals surface area contributed by atoms with Gasteiger partial charge in [-0.05, 0) is 48.5 Å². The van der Waals surface area contributed by atoms with E-state index in [4.69, 9.17) is 0 Å². The van der Waals surface area contributed by atoms with Crippen LogP contribution in [0.25, 0.3) is 16.7 Å². The molecule has 8 nitrogen and oxygen atoms in total. The Bertz CT molecular complexity index is 1200. The molecule has 0 aliphatic carbocycles. The highest BCUT2D eigenvalue weighted by Crippen LogP contribution is 2.21. The van der Waals surface area contributed by atoms with Crippen LogP contribution in [0, 0.1) is 15.9 Å². The van der Waals surface area contributed by atoms with Crippen molar-refractivity contribution in [2.75, 3.05) is 5.32 Å². The summed E-state index contributed by atoms with van der Waals surface area (Å²) in [5.41, 5.74) is 1.77. The quantitative estimate of drug-likeness (QED) is 0.431. The number of rotatable bonds is 4. The molecule has 0 bridgehead atoms. The van der Waals surface area contributed by atoms with Crippen LogP contribution in [0.15, 0.2) is 66.7 Å². The van der Waals surface area contributed by atoms with Gasteiger partial charge in [0.2, 0.25) is 0 Å². The molecular formula is C19H12FN5O3. The number of aromatic nitrogens is 3. The largest absolute Gasteiger partial charge is 0.322 e. The summed E-state index contributed by atoms with van der Waals surface area (Å²) in [6, 6.07) is 16.3. The molecule has 1 heterocycles. The lowest BCUT2D eigenvalue weighted by atomic mass is 10.1. The van der Waals surface area contributed by atoms with E-state index >= 15 is 0 Å². The zero-order valence-electron chi connectivity index (χ0n) is 14.2. The van der Waals surface area contributed by atoms with Gasteiger partial charge in [0.05, 0.1) is 10.6 Å². The van der Waals surface area contributed by atoms with Gasteiger partial charge in [0.15, 0.2) is 0 Å². The molecule has 138 valence electrons. The fourth-order valence-corrected chi connectivity index (χ4v) is 2.71. The van der Waals surface area contributed by atoms with Gasteiger partial charge in [0, 0.05) is 11.8 Å². The molecule has 4 aromatic rings. The number of hydrogen-bond donors (Lipinski definition) is 1. The van der Waals surface area contributed by atoms with Crippen molar-refractivity contribution in [1.29, 1.82) is 0 Å². The Morgan fingerprint density at radius 2 is 1.71 bits per heavy atom. The van der Waals surface area contributed by atoms with Crippen LogP contribution in [-0.2, 0) is 0 Å². The zero-order chi connectivity index (χ0) is 19.7. The molecule has 3 aromatic carbocycles. The molecule has 0 unspecified atom stereocenters. The molecule has 28 heavy (non-hydrogen) atoms. The van der Waals surface area contributed by atoms with Gasteiger partial charge in [-0.25, -0.2) is 4.39 Å². The Morgan fingerprint density at radius 3 is 2.46 bits per heavy atom. The van der Waals surface area contributed by atoms with Gasteiger partial charge < -0.3 is 5.32 Å². The predicted molar refractivity (Wildman–Crippen MR) is 99.9 cm³/mol. The van der Waals surface area contributed by atoms with Crippen LogP contribution >= 0.6 is 0 Å². The Balaban J connectivity index is 1.62. The van der Waals surface area contributed by atoms with Crippen molar-refractivity contribution >= 4 is 28.3 Å². The summed E-state index contributed by atoms with van der Waals surface area (Å²) in [5, 5.41) is 22.4. The molecule has 0 spiro atoms. The van der Waals surface area contributed by atoms with Crippen LogP contribution < -0.4 is 5.32 Å². The van der Waals surface area contributed by atoms with Crippen LogP contribution in [-0.4, -0.2) is 25.8 Å². The maximum Gasteiger partial charge on any atom is 0.282 e. The van der Waals surface area contributed by atoms with Crippen LogP contribution in [0.4, 0.5) is 15.8 Å². The summed E-state index contributed by atoms with van der Waals surface area (Å²) in [4.78, 5) is 24.3. The molecule has 0 saturated heterocycles. The van der Waals surface area contributed by atoms with E-state index in [-0.39, 0.29) is 17.1 Å². The van der Waals surface area contributed by atoms with E-state index in [9.17, 15) is 19.3 Å². The highest BCUT2D eigenvalue weighted by Gasteiger charge is 2.19. The second-order valence-corrected chi connectivity index (χ2v) is 5.90. The van der Waals surface area contributed by atoms with Gasteiger partial charge in [0.25, 0.3) is 11.6 Å². The Morgan fingerprint density at radius 1 is 1.00 bits per heavy atom. The number of anilines is 1. The lowest BCUT2D eigenvalue weighted by molar-refractivity contribution is -0.385. The number of hydrogen-bond acceptors (Lipinski definition) is 5. The van der Waals surface area contributed by atoms with E-state index in [0.717, 1.165) is 0 Å². The highest BCUT2D eigenvalue weighted by molar-refractivity contribution is 6.07. The number of para-hydroxylation sites is 1. The molecule has 0 saturated carbocycles. The third kappa shape index (κ3) is 3.28. The van der Waals surface area contributed by atoms with Crippen molar-refractivity contribution in [3.63, 3.8) is 0 Å². The smallest absolute Gasteiger partial charge is 0.282 e. The predicted octanol–water partition coefficient (Wildman–Crippen LogP) is 3.72. The van der Waals surface area contributed by atoms with Crippen molar-refractivity contribution in [2.45, 2.75) is 0 Å². The number of carbonyl (C=O) groups excluding carboxylic acids is 1. The van der Waals surface area contributed by atoms with Gasteiger partial charge in [-0.3, -0.25) is 14.9 Å². The summed E-state index contributed by atoms with van der Waals surface area (Å²) >= 11 is 0. The minimum Gasteiger partial charge on any atom is -0.322 e. The lowest BCUT2D eigenvalue weighted by Crippen LogP contribution is -2.13. The Labute approximate surface area is 157 Å². The van der Waals surface area contributed by atoms with Crippen LogP contribution in [0.5, 0.6) is 0 Å². The standard InChI is InChI=1S/C19H12FN5O3/c20-12-5-8-14(9-6-12)24-22-16-10-7-13(11-17(16)23-24)21-19(26)15-3-1-2-4-18(15)25(27)28/h1-11H,(H,21,26). The van der Waals surface area contributed by atoms with Gasteiger partial charge in [0.1, 0.15) is 22.4 Å². The normalized spacial score (nSPS) is 10.8. The van der Waals surface area contributed by atoms with E-state index in [0.29, 0.717) is 22.4 Å². The molecule has 9 heteroatoms. The first-order valence-electron chi connectivity index (χ1n) is 8.19. The fourth-order valence-electron chi connectivity index (χ4n) is 2.71. The van der Waals surface area contributed by atoms with Gasteiger partial charge >= 0.3 is 0 Å². The van der Waals surface area contributed by atoms with E-state index in [1.54, 1.807) is 36.4 Å². The monoisotopic (exact) mass is 377 g/mol. The Kier molecular flexibility index (Phi) is 4.24. The number of nitro benzene ring substituents is 1. The number of fused-ring (bicyclic) bond motifs is 1. The van der Waals surface area contributed by atoms with Crippen molar-refractivity contribution in [2.24, 2.45) is 0 Å². The van der Waals surface area contributed by atoms with Crippen molar-refractivity contribution in [3.05, 3.63) is 88.2 Å². The molecule has 0 fully saturated rings. The van der Waals surface area contributed by atoms with Crippen LogP contribution in [0.3, 0.4) is 0 Å². The zero-order valence-corrected chi connectivity index (χ0v) is 14.2. The summed E-state index contributed by atoms with van der Waals surface area (Å²) in [7, 11) is 0. The molecule has 1 aromatic heterocycles. The second kappa shape index (κ2) is 6.88. The van der Waals surface area contributed by atoms with Crippen molar-refractivity contribution in [1.82, 2.24) is 15.0 Å². The maximum absolute atomic E-state index is 13.1. The third-order valence-corrected chi connectivity index (χ3v) is 4.04. The second-order valence-electron chi connectivity index (χ2n) is 5.90. The van der Waals surface area contributed by atoms with Crippen LogP contribution in [0.1, 0.15) is 10.4 Å². The summed E-state index contributed by atoms with van der Waals surface area (Å²) in [5.74, 6) is -0.960. The summed E-state index contributed by atoms with van der Waals surface area (Å²) in [6.07, 6.45) is 0. The minimum atomic E-state index is -0.605. The fraction of sp³-hybridized carbons (Fsp3) is 0. The molecule has 4 rings (SSSR count). The number of amides is 1. The number of nitrogens with zero attached hydrogens (tertiary/aromatic N) is 4. The van der Waals surface area contributed by atoms with E-state index in [1.807, 2.05) is 0 Å². The van der Waals surface area contributed by atoms with Crippen LogP contribution in [0.2, 0.25) is 0 Å². The summed E-state index contributed by atoms with van der Waals surface area (Å²) < 4.78 is 13.1. The Hall–Kier alpha value is -4.14. The molecule has 0 atom stereocenters. The van der Waals surface area contributed by atoms with Gasteiger partial charge in [-0.1, -0.05) is 12.1 Å². The highest BCUT2D eigenvalue weighted by atomic mass is 19.1. The molecular weight excluding hydrogens is 365 g/mol.